The van der Waals surface area contributed by atoms with Crippen LogP contribution in [0.25, 0.3) is 11.0 Å². The Labute approximate surface area is 128 Å². The van der Waals surface area contributed by atoms with Crippen molar-refractivity contribution in [3.05, 3.63) is 6.20 Å². The van der Waals surface area contributed by atoms with Crippen LogP contribution in [0.4, 0.5) is 11.8 Å². The van der Waals surface area contributed by atoms with Gasteiger partial charge >= 0.3 is 0 Å². The zero-order chi connectivity index (χ0) is 15.7. The zero-order valence-corrected chi connectivity index (χ0v) is 12.7. The molecule has 120 valence electrons. The van der Waals surface area contributed by atoms with E-state index in [1.165, 1.54) is 0 Å². The number of nitrogens with one attached hydrogen (secondary N) is 1. The number of fused-ring (bicyclic) bond motifs is 1. The molecule has 0 radical (unpaired) electrons. The first-order valence-corrected chi connectivity index (χ1v) is 7.60. The number of nitrogens with zero attached hydrogens (tertiary/aromatic N) is 4. The van der Waals surface area contributed by atoms with E-state index in [0.29, 0.717) is 31.0 Å². The third kappa shape index (κ3) is 2.38. The molecule has 8 nitrogen and oxygen atoms in total. The maximum absolute atomic E-state index is 10.4. The maximum atomic E-state index is 10.4. The number of aromatic amines is 1. The minimum absolute atomic E-state index is 0.0480. The van der Waals surface area contributed by atoms with Gasteiger partial charge in [0.05, 0.1) is 24.3 Å². The van der Waals surface area contributed by atoms with Crippen LogP contribution >= 0.6 is 0 Å². The van der Waals surface area contributed by atoms with Crippen molar-refractivity contribution in [2.24, 2.45) is 5.41 Å². The molecule has 1 saturated heterocycles. The molecule has 0 bridgehead atoms. The van der Waals surface area contributed by atoms with Crippen LogP contribution in [0.3, 0.4) is 0 Å². The molecule has 2 aromatic rings. The van der Waals surface area contributed by atoms with Crippen molar-refractivity contribution >= 4 is 22.8 Å². The van der Waals surface area contributed by atoms with Crippen LogP contribution in [-0.4, -0.2) is 56.2 Å². The SMILES string of the molecule is CCC[C@@]1(CO)CN(c2nc(N)nc3[nH]ncc23)CC[C@@H]1O. The third-order valence-electron chi connectivity index (χ3n) is 4.55. The molecular weight excluding hydrogens is 284 g/mol. The molecule has 8 heteroatoms. The number of hydrogen-bond donors (Lipinski definition) is 4. The van der Waals surface area contributed by atoms with Crippen LogP contribution in [0, 0.1) is 5.41 Å². The lowest BCUT2D eigenvalue weighted by molar-refractivity contribution is -0.0352. The van der Waals surface area contributed by atoms with Crippen molar-refractivity contribution < 1.29 is 10.2 Å². The molecule has 3 rings (SSSR count). The topological polar surface area (TPSA) is 124 Å². The highest BCUT2D eigenvalue weighted by Gasteiger charge is 2.42. The summed E-state index contributed by atoms with van der Waals surface area (Å²) in [4.78, 5) is 10.5. The monoisotopic (exact) mass is 306 g/mol. The van der Waals surface area contributed by atoms with Gasteiger partial charge in [0.1, 0.15) is 5.82 Å². The van der Waals surface area contributed by atoms with Crippen LogP contribution in [0.1, 0.15) is 26.2 Å². The first kappa shape index (κ1) is 15.0. The zero-order valence-electron chi connectivity index (χ0n) is 12.7. The van der Waals surface area contributed by atoms with E-state index in [1.54, 1.807) is 6.20 Å². The summed E-state index contributed by atoms with van der Waals surface area (Å²) in [6, 6.07) is 0. The summed E-state index contributed by atoms with van der Waals surface area (Å²) in [5, 5.41) is 27.9. The minimum Gasteiger partial charge on any atom is -0.396 e. The molecule has 0 saturated carbocycles. The predicted molar refractivity (Wildman–Crippen MR) is 83.4 cm³/mol. The van der Waals surface area contributed by atoms with Crippen molar-refractivity contribution in [1.29, 1.82) is 0 Å². The van der Waals surface area contributed by atoms with Crippen LogP contribution in [0.2, 0.25) is 0 Å². The summed E-state index contributed by atoms with van der Waals surface area (Å²) in [6.45, 7) is 3.20. The molecule has 1 fully saturated rings. The van der Waals surface area contributed by atoms with Crippen molar-refractivity contribution in [3.8, 4) is 0 Å². The molecule has 2 atom stereocenters. The Morgan fingerprint density at radius 1 is 1.50 bits per heavy atom. The second kappa shape index (κ2) is 5.69. The average molecular weight is 306 g/mol. The fraction of sp³-hybridized carbons (Fsp3) is 0.643. The first-order chi connectivity index (χ1) is 10.6. The Morgan fingerprint density at radius 3 is 3.05 bits per heavy atom. The molecule has 0 unspecified atom stereocenters. The van der Waals surface area contributed by atoms with Crippen molar-refractivity contribution in [2.45, 2.75) is 32.3 Å². The second-order valence-electron chi connectivity index (χ2n) is 6.03. The lowest BCUT2D eigenvalue weighted by atomic mass is 9.74. The van der Waals surface area contributed by atoms with Crippen molar-refractivity contribution in [1.82, 2.24) is 20.2 Å². The van der Waals surface area contributed by atoms with Gasteiger partial charge in [-0.05, 0) is 12.8 Å². The number of H-pyrrole nitrogens is 1. The molecule has 0 aliphatic carbocycles. The molecule has 0 amide bonds. The van der Waals surface area contributed by atoms with E-state index in [9.17, 15) is 10.2 Å². The molecule has 5 N–H and O–H groups in total. The van der Waals surface area contributed by atoms with E-state index in [1.807, 2.05) is 0 Å². The lowest BCUT2D eigenvalue weighted by Gasteiger charge is -2.45. The average Bonchev–Trinajstić information content (AvgIpc) is 2.97. The Kier molecular flexibility index (Phi) is 3.88. The molecule has 2 aromatic heterocycles. The van der Waals surface area contributed by atoms with Crippen LogP contribution in [-0.2, 0) is 0 Å². The number of hydrogen-bond acceptors (Lipinski definition) is 7. The summed E-state index contributed by atoms with van der Waals surface area (Å²) >= 11 is 0. The molecule has 3 heterocycles. The minimum atomic E-state index is -0.525. The Balaban J connectivity index is 1.98. The van der Waals surface area contributed by atoms with Gasteiger partial charge in [0, 0.05) is 18.5 Å². The van der Waals surface area contributed by atoms with Gasteiger partial charge in [-0.3, -0.25) is 5.10 Å². The van der Waals surface area contributed by atoms with E-state index < -0.39 is 11.5 Å². The number of anilines is 2. The van der Waals surface area contributed by atoms with Gasteiger partial charge in [-0.2, -0.15) is 15.1 Å². The standard InChI is InChI=1S/C14H22N6O2/c1-2-4-14(8-21)7-20(5-3-10(14)22)12-9-6-16-19-11(9)17-13(15)18-12/h6,10,21-22H,2-5,7-8H2,1H3,(H3,15,16,17,18,19)/t10-,14-/m0/s1. The molecule has 22 heavy (non-hydrogen) atoms. The number of aliphatic hydroxyl groups excluding tert-OH is 2. The summed E-state index contributed by atoms with van der Waals surface area (Å²) in [5.41, 5.74) is 5.85. The molecule has 1 aliphatic rings. The van der Waals surface area contributed by atoms with Gasteiger partial charge in [0.2, 0.25) is 5.95 Å². The summed E-state index contributed by atoms with van der Waals surface area (Å²) in [6.07, 6.45) is 3.42. The van der Waals surface area contributed by atoms with Crippen LogP contribution < -0.4 is 10.6 Å². The molecule has 0 aromatic carbocycles. The fourth-order valence-electron chi connectivity index (χ4n) is 3.39. The Hall–Kier alpha value is -1.93. The first-order valence-electron chi connectivity index (χ1n) is 7.60. The normalized spacial score (nSPS) is 25.8. The number of nitrogen functional groups attached to an aromatic ring is 1. The summed E-state index contributed by atoms with van der Waals surface area (Å²) in [7, 11) is 0. The van der Waals surface area contributed by atoms with Crippen molar-refractivity contribution in [3.63, 3.8) is 0 Å². The third-order valence-corrected chi connectivity index (χ3v) is 4.55. The van der Waals surface area contributed by atoms with E-state index in [4.69, 9.17) is 5.73 Å². The predicted octanol–water partition coefficient (Wildman–Crippen LogP) is 0.285. The molecule has 0 spiro atoms. The van der Waals surface area contributed by atoms with E-state index in [-0.39, 0.29) is 12.6 Å². The van der Waals surface area contributed by atoms with Gasteiger partial charge in [0.15, 0.2) is 5.65 Å². The highest BCUT2D eigenvalue weighted by atomic mass is 16.3. The van der Waals surface area contributed by atoms with E-state index in [0.717, 1.165) is 18.2 Å². The maximum Gasteiger partial charge on any atom is 0.224 e. The number of piperidine rings is 1. The van der Waals surface area contributed by atoms with E-state index >= 15 is 0 Å². The summed E-state index contributed by atoms with van der Waals surface area (Å²) in [5.74, 6) is 0.889. The van der Waals surface area contributed by atoms with Crippen LogP contribution in [0.15, 0.2) is 6.20 Å². The Morgan fingerprint density at radius 2 is 2.32 bits per heavy atom. The number of rotatable bonds is 4. The summed E-state index contributed by atoms with van der Waals surface area (Å²) < 4.78 is 0. The van der Waals surface area contributed by atoms with Gasteiger partial charge in [0.25, 0.3) is 0 Å². The van der Waals surface area contributed by atoms with Gasteiger partial charge < -0.3 is 20.8 Å². The number of nitrogens with two attached hydrogens (primary N) is 1. The highest BCUT2D eigenvalue weighted by molar-refractivity contribution is 5.87. The largest absolute Gasteiger partial charge is 0.396 e. The lowest BCUT2D eigenvalue weighted by Crippen LogP contribution is -2.54. The highest BCUT2D eigenvalue weighted by Crippen LogP contribution is 2.37. The van der Waals surface area contributed by atoms with E-state index in [2.05, 4.69) is 32.0 Å². The van der Waals surface area contributed by atoms with Gasteiger partial charge in [-0.1, -0.05) is 13.3 Å². The Bertz CT molecular complexity index is 660. The van der Waals surface area contributed by atoms with Gasteiger partial charge in [-0.15, -0.1) is 0 Å². The van der Waals surface area contributed by atoms with Crippen LogP contribution in [0.5, 0.6) is 0 Å². The molecule has 1 aliphatic heterocycles. The second-order valence-corrected chi connectivity index (χ2v) is 6.03. The smallest absolute Gasteiger partial charge is 0.224 e. The van der Waals surface area contributed by atoms with Gasteiger partial charge in [-0.25, -0.2) is 0 Å². The molecular formula is C14H22N6O2. The van der Waals surface area contributed by atoms with Crippen molar-refractivity contribution in [2.75, 3.05) is 30.3 Å². The quantitative estimate of drug-likeness (QED) is 0.639. The fourth-order valence-corrected chi connectivity index (χ4v) is 3.39. The number of aromatic nitrogens is 4. The number of aliphatic hydroxyl groups is 2.